The van der Waals surface area contributed by atoms with Crippen molar-refractivity contribution in [3.05, 3.63) is 52.0 Å². The van der Waals surface area contributed by atoms with Crippen LogP contribution in [0.15, 0.2) is 39.8 Å². The van der Waals surface area contributed by atoms with E-state index in [1.54, 1.807) is 25.4 Å². The van der Waals surface area contributed by atoms with E-state index in [-0.39, 0.29) is 23.6 Å². The Balaban J connectivity index is 1.92. The van der Waals surface area contributed by atoms with Gasteiger partial charge in [-0.2, -0.15) is 0 Å². The minimum Gasteiger partial charge on any atom is -0.481 e. The van der Waals surface area contributed by atoms with E-state index >= 15 is 0 Å². The predicted molar refractivity (Wildman–Crippen MR) is 88.8 cm³/mol. The zero-order valence-corrected chi connectivity index (χ0v) is 13.9. The first-order valence-corrected chi connectivity index (χ1v) is 7.81. The molecule has 9 heteroatoms. The summed E-state index contributed by atoms with van der Waals surface area (Å²) in [4.78, 5) is 30.9. The molecule has 1 unspecified atom stereocenters. The zero-order valence-electron chi connectivity index (χ0n) is 13.2. The number of carboxylic acid groups (broad SMARTS) is 1. The summed E-state index contributed by atoms with van der Waals surface area (Å²) in [5.41, 5.74) is 0.670. The Morgan fingerprint density at radius 1 is 1.40 bits per heavy atom. The highest BCUT2D eigenvalue weighted by Crippen LogP contribution is 2.32. The fraction of sp³-hybridized carbons (Fsp3) is 0.250. The molecule has 0 spiro atoms. The molecule has 1 atom stereocenters. The van der Waals surface area contributed by atoms with Gasteiger partial charge in [-0.15, -0.1) is 0 Å². The first-order chi connectivity index (χ1) is 12.0. The van der Waals surface area contributed by atoms with Crippen LogP contribution in [0.4, 0.5) is 0 Å². The summed E-state index contributed by atoms with van der Waals surface area (Å²) in [6, 6.07) is 4.71. The summed E-state index contributed by atoms with van der Waals surface area (Å²) >= 11 is 6.24. The van der Waals surface area contributed by atoms with E-state index < -0.39 is 17.8 Å². The minimum absolute atomic E-state index is 0.00798. The van der Waals surface area contributed by atoms with Crippen LogP contribution in [0.1, 0.15) is 25.3 Å². The number of aliphatic carboxylic acids is 1. The summed E-state index contributed by atoms with van der Waals surface area (Å²) < 4.78 is 12.1. The van der Waals surface area contributed by atoms with Crippen molar-refractivity contribution < 1.29 is 19.1 Å². The molecule has 2 aromatic heterocycles. The standard InChI is InChI=1S/C16H14ClN3O5/c1-9(15-18-4-2-5-19-15)24-12-8-13-11(7-10(12)17)20(16(23)25-13)6-3-14(21)22/h2,4-5,7-9H,3,6H2,1H3,(H,21,22). The van der Waals surface area contributed by atoms with Gasteiger partial charge in [0.15, 0.2) is 17.5 Å². The van der Waals surface area contributed by atoms with Crippen LogP contribution < -0.4 is 10.5 Å². The number of carbonyl (C=O) groups is 1. The van der Waals surface area contributed by atoms with Gasteiger partial charge in [0.1, 0.15) is 5.75 Å². The smallest absolute Gasteiger partial charge is 0.419 e. The van der Waals surface area contributed by atoms with Gasteiger partial charge in [-0.25, -0.2) is 14.8 Å². The van der Waals surface area contributed by atoms with Gasteiger partial charge in [-0.05, 0) is 19.1 Å². The average Bonchev–Trinajstić information content (AvgIpc) is 2.88. The number of hydrogen-bond acceptors (Lipinski definition) is 6. The maximum Gasteiger partial charge on any atom is 0.419 e. The van der Waals surface area contributed by atoms with Gasteiger partial charge in [0.05, 0.1) is 17.0 Å². The van der Waals surface area contributed by atoms with E-state index in [0.717, 1.165) is 0 Å². The second-order valence-electron chi connectivity index (χ2n) is 5.28. The van der Waals surface area contributed by atoms with Crippen LogP contribution in [0.2, 0.25) is 5.02 Å². The van der Waals surface area contributed by atoms with Gasteiger partial charge < -0.3 is 14.3 Å². The minimum atomic E-state index is -1.01. The van der Waals surface area contributed by atoms with E-state index in [0.29, 0.717) is 17.1 Å². The van der Waals surface area contributed by atoms with Crippen molar-refractivity contribution in [2.24, 2.45) is 0 Å². The van der Waals surface area contributed by atoms with Gasteiger partial charge in [0.25, 0.3) is 0 Å². The topological polar surface area (TPSA) is 107 Å². The lowest BCUT2D eigenvalue weighted by Gasteiger charge is -2.14. The number of oxazole rings is 1. The van der Waals surface area contributed by atoms with E-state index in [1.807, 2.05) is 0 Å². The highest BCUT2D eigenvalue weighted by Gasteiger charge is 2.17. The van der Waals surface area contributed by atoms with Crippen molar-refractivity contribution in [1.29, 1.82) is 0 Å². The van der Waals surface area contributed by atoms with Crippen LogP contribution in [-0.4, -0.2) is 25.6 Å². The summed E-state index contributed by atoms with van der Waals surface area (Å²) in [6.45, 7) is 1.76. The van der Waals surface area contributed by atoms with Crippen molar-refractivity contribution >= 4 is 28.7 Å². The molecule has 1 N–H and O–H groups in total. The number of aryl methyl sites for hydroxylation is 1. The number of aromatic nitrogens is 3. The van der Waals surface area contributed by atoms with Gasteiger partial charge in [0.2, 0.25) is 0 Å². The predicted octanol–water partition coefficient (Wildman–Crippen LogP) is 2.65. The lowest BCUT2D eigenvalue weighted by atomic mass is 10.3. The van der Waals surface area contributed by atoms with E-state index in [1.165, 1.54) is 16.7 Å². The third kappa shape index (κ3) is 3.63. The summed E-state index contributed by atoms with van der Waals surface area (Å²) in [6.07, 6.45) is 2.55. The molecule has 130 valence electrons. The molecule has 0 aliphatic carbocycles. The maximum absolute atomic E-state index is 11.9. The summed E-state index contributed by atoms with van der Waals surface area (Å²) in [5, 5.41) is 9.04. The van der Waals surface area contributed by atoms with Crippen LogP contribution in [0, 0.1) is 0 Å². The fourth-order valence-corrected chi connectivity index (χ4v) is 2.54. The quantitative estimate of drug-likeness (QED) is 0.717. The van der Waals surface area contributed by atoms with Crippen molar-refractivity contribution in [2.75, 3.05) is 0 Å². The van der Waals surface area contributed by atoms with Crippen LogP contribution in [0.3, 0.4) is 0 Å². The molecular formula is C16H14ClN3O5. The van der Waals surface area contributed by atoms with E-state index in [4.69, 9.17) is 25.9 Å². The highest BCUT2D eigenvalue weighted by atomic mass is 35.5. The first-order valence-electron chi connectivity index (χ1n) is 7.44. The Kier molecular flexibility index (Phi) is 4.71. The first kappa shape index (κ1) is 17.0. The molecule has 8 nitrogen and oxygen atoms in total. The molecule has 0 fully saturated rings. The van der Waals surface area contributed by atoms with Gasteiger partial charge in [-0.1, -0.05) is 11.6 Å². The second kappa shape index (κ2) is 6.94. The SMILES string of the molecule is CC(Oc1cc2oc(=O)n(CCC(=O)O)c2cc1Cl)c1ncccn1. The molecule has 0 radical (unpaired) electrons. The van der Waals surface area contributed by atoms with Crippen LogP contribution in [0.5, 0.6) is 5.75 Å². The number of hydrogen-bond donors (Lipinski definition) is 1. The molecule has 0 bridgehead atoms. The Bertz CT molecular complexity index is 967. The molecule has 3 rings (SSSR count). The molecule has 1 aromatic carbocycles. The lowest BCUT2D eigenvalue weighted by Crippen LogP contribution is -2.16. The molecule has 25 heavy (non-hydrogen) atoms. The number of ether oxygens (including phenoxy) is 1. The van der Waals surface area contributed by atoms with Crippen LogP contribution in [0.25, 0.3) is 11.1 Å². The number of fused-ring (bicyclic) bond motifs is 1. The zero-order chi connectivity index (χ0) is 18.0. The summed E-state index contributed by atoms with van der Waals surface area (Å²) in [7, 11) is 0. The number of benzene rings is 1. The van der Waals surface area contributed by atoms with Crippen LogP contribution in [-0.2, 0) is 11.3 Å². The molecular weight excluding hydrogens is 350 g/mol. The van der Waals surface area contributed by atoms with Crippen molar-refractivity contribution in [3.8, 4) is 5.75 Å². The third-order valence-corrected chi connectivity index (χ3v) is 3.82. The molecule has 0 saturated carbocycles. The van der Waals surface area contributed by atoms with Crippen molar-refractivity contribution in [2.45, 2.75) is 26.0 Å². The highest BCUT2D eigenvalue weighted by molar-refractivity contribution is 6.32. The Morgan fingerprint density at radius 3 is 2.80 bits per heavy atom. The Morgan fingerprint density at radius 2 is 2.12 bits per heavy atom. The second-order valence-corrected chi connectivity index (χ2v) is 5.69. The number of carboxylic acids is 1. The third-order valence-electron chi connectivity index (χ3n) is 3.52. The maximum atomic E-state index is 11.9. The average molecular weight is 364 g/mol. The molecule has 0 amide bonds. The largest absolute Gasteiger partial charge is 0.481 e. The Hall–Kier alpha value is -2.87. The van der Waals surface area contributed by atoms with Gasteiger partial charge in [0, 0.05) is 25.0 Å². The van der Waals surface area contributed by atoms with Gasteiger partial charge >= 0.3 is 11.7 Å². The lowest BCUT2D eigenvalue weighted by molar-refractivity contribution is -0.137. The van der Waals surface area contributed by atoms with Crippen molar-refractivity contribution in [1.82, 2.24) is 14.5 Å². The van der Waals surface area contributed by atoms with E-state index in [2.05, 4.69) is 9.97 Å². The normalized spacial score (nSPS) is 12.2. The molecule has 3 aromatic rings. The molecule has 0 aliphatic rings. The van der Waals surface area contributed by atoms with Gasteiger partial charge in [-0.3, -0.25) is 9.36 Å². The number of nitrogens with zero attached hydrogens (tertiary/aromatic N) is 3. The molecule has 2 heterocycles. The monoisotopic (exact) mass is 363 g/mol. The summed E-state index contributed by atoms with van der Waals surface area (Å²) in [5.74, 6) is -0.861. The fourth-order valence-electron chi connectivity index (χ4n) is 2.34. The molecule has 0 saturated heterocycles. The number of halogens is 1. The Labute approximate surface area is 146 Å². The van der Waals surface area contributed by atoms with Crippen LogP contribution >= 0.6 is 11.6 Å². The van der Waals surface area contributed by atoms with E-state index in [9.17, 15) is 9.59 Å². The van der Waals surface area contributed by atoms with Crippen molar-refractivity contribution in [3.63, 3.8) is 0 Å². The number of rotatable bonds is 6. The molecule has 0 aliphatic heterocycles.